The number of ether oxygens (including phenoxy) is 1. The standard InChI is InChI=1S/C23H27ClN6O/c1-28(2)22-16-21(25-18-7-5-9-20(15-18)31-3)26-23(27-22)30-12-10-29(11-13-30)19-8-4-6-17(24)14-19/h4-9,14-16H,10-13H2,1-3H3,(H,25,26,27). The predicted octanol–water partition coefficient (Wildman–Crippen LogP) is 4.27. The van der Waals surface area contributed by atoms with Gasteiger partial charge in [0, 0.05) is 68.8 Å². The maximum absolute atomic E-state index is 6.16. The lowest BCUT2D eigenvalue weighted by Gasteiger charge is -2.36. The fraction of sp³-hybridized carbons (Fsp3) is 0.304. The van der Waals surface area contributed by atoms with Crippen molar-refractivity contribution in [3.63, 3.8) is 0 Å². The third kappa shape index (κ3) is 5.11. The van der Waals surface area contributed by atoms with E-state index in [1.807, 2.05) is 67.5 Å². The van der Waals surface area contributed by atoms with Gasteiger partial charge >= 0.3 is 0 Å². The van der Waals surface area contributed by atoms with E-state index in [4.69, 9.17) is 26.3 Å². The average molecular weight is 439 g/mol. The van der Waals surface area contributed by atoms with Crippen LogP contribution >= 0.6 is 11.6 Å². The molecule has 1 N–H and O–H groups in total. The van der Waals surface area contributed by atoms with Crippen molar-refractivity contribution in [2.24, 2.45) is 0 Å². The van der Waals surface area contributed by atoms with E-state index in [-0.39, 0.29) is 0 Å². The Morgan fingerprint density at radius 1 is 0.935 bits per heavy atom. The molecule has 0 saturated carbocycles. The molecule has 1 aliphatic heterocycles. The van der Waals surface area contributed by atoms with Gasteiger partial charge in [0.15, 0.2) is 0 Å². The Morgan fingerprint density at radius 3 is 2.39 bits per heavy atom. The molecule has 0 unspecified atom stereocenters. The van der Waals surface area contributed by atoms with E-state index >= 15 is 0 Å². The molecule has 2 heterocycles. The molecule has 31 heavy (non-hydrogen) atoms. The monoisotopic (exact) mass is 438 g/mol. The van der Waals surface area contributed by atoms with Crippen LogP contribution in [0, 0.1) is 0 Å². The molecule has 1 aromatic heterocycles. The van der Waals surface area contributed by atoms with E-state index in [2.05, 4.69) is 21.2 Å². The summed E-state index contributed by atoms with van der Waals surface area (Å²) in [6.07, 6.45) is 0. The summed E-state index contributed by atoms with van der Waals surface area (Å²) in [6.45, 7) is 3.44. The minimum absolute atomic E-state index is 0.724. The van der Waals surface area contributed by atoms with Gasteiger partial charge in [0.05, 0.1) is 7.11 Å². The van der Waals surface area contributed by atoms with Gasteiger partial charge in [-0.15, -0.1) is 0 Å². The number of benzene rings is 2. The zero-order chi connectivity index (χ0) is 21.8. The van der Waals surface area contributed by atoms with E-state index in [9.17, 15) is 0 Å². The molecule has 0 atom stereocenters. The predicted molar refractivity (Wildman–Crippen MR) is 129 cm³/mol. The van der Waals surface area contributed by atoms with Crippen molar-refractivity contribution < 1.29 is 4.74 Å². The lowest BCUT2D eigenvalue weighted by Crippen LogP contribution is -2.47. The van der Waals surface area contributed by atoms with Crippen molar-refractivity contribution >= 4 is 40.6 Å². The molecule has 1 aliphatic rings. The van der Waals surface area contributed by atoms with Crippen LogP contribution in [0.25, 0.3) is 0 Å². The highest BCUT2D eigenvalue weighted by Gasteiger charge is 2.21. The zero-order valence-electron chi connectivity index (χ0n) is 18.0. The minimum atomic E-state index is 0.724. The van der Waals surface area contributed by atoms with Crippen LogP contribution in [-0.2, 0) is 0 Å². The summed E-state index contributed by atoms with van der Waals surface area (Å²) in [5.41, 5.74) is 2.06. The average Bonchev–Trinajstić information content (AvgIpc) is 2.79. The Balaban J connectivity index is 1.52. The number of nitrogens with zero attached hydrogens (tertiary/aromatic N) is 5. The number of piperazine rings is 1. The molecule has 8 heteroatoms. The van der Waals surface area contributed by atoms with Crippen molar-refractivity contribution in [1.82, 2.24) is 9.97 Å². The molecule has 0 aliphatic carbocycles. The second kappa shape index (κ2) is 9.31. The number of aromatic nitrogens is 2. The Bertz CT molecular complexity index is 1040. The molecular weight excluding hydrogens is 412 g/mol. The van der Waals surface area contributed by atoms with Crippen molar-refractivity contribution in [2.45, 2.75) is 0 Å². The topological polar surface area (TPSA) is 56.8 Å². The molecule has 4 rings (SSSR count). The Kier molecular flexibility index (Phi) is 6.32. The van der Waals surface area contributed by atoms with Gasteiger partial charge in [-0.3, -0.25) is 0 Å². The van der Waals surface area contributed by atoms with E-state index in [0.717, 1.165) is 65.9 Å². The van der Waals surface area contributed by atoms with Gasteiger partial charge in [-0.2, -0.15) is 9.97 Å². The quantitative estimate of drug-likeness (QED) is 0.616. The first-order chi connectivity index (χ1) is 15.0. The molecule has 1 fully saturated rings. The van der Waals surface area contributed by atoms with E-state index in [1.54, 1.807) is 7.11 Å². The molecule has 0 radical (unpaired) electrons. The maximum atomic E-state index is 6.16. The molecule has 0 bridgehead atoms. The van der Waals surface area contributed by atoms with Gasteiger partial charge < -0.3 is 24.8 Å². The maximum Gasteiger partial charge on any atom is 0.229 e. The lowest BCUT2D eigenvalue weighted by molar-refractivity contribution is 0.415. The second-order valence-corrected chi connectivity index (χ2v) is 8.05. The van der Waals surface area contributed by atoms with Gasteiger partial charge in [0.25, 0.3) is 0 Å². The van der Waals surface area contributed by atoms with E-state index < -0.39 is 0 Å². The molecule has 0 spiro atoms. The van der Waals surface area contributed by atoms with Gasteiger partial charge in [-0.25, -0.2) is 0 Å². The summed E-state index contributed by atoms with van der Waals surface area (Å²) in [4.78, 5) is 16.1. The fourth-order valence-corrected chi connectivity index (χ4v) is 3.73. The van der Waals surface area contributed by atoms with Crippen LogP contribution in [0.3, 0.4) is 0 Å². The van der Waals surface area contributed by atoms with Crippen LogP contribution in [0.15, 0.2) is 54.6 Å². The highest BCUT2D eigenvalue weighted by Crippen LogP contribution is 2.26. The van der Waals surface area contributed by atoms with Crippen molar-refractivity contribution in [2.75, 3.05) is 67.4 Å². The summed E-state index contributed by atoms with van der Waals surface area (Å²) in [5.74, 6) is 3.12. The summed E-state index contributed by atoms with van der Waals surface area (Å²) in [7, 11) is 5.63. The van der Waals surface area contributed by atoms with Gasteiger partial charge in [-0.1, -0.05) is 23.7 Å². The van der Waals surface area contributed by atoms with Crippen LogP contribution in [-0.4, -0.2) is 57.4 Å². The van der Waals surface area contributed by atoms with E-state index in [0.29, 0.717) is 0 Å². The molecule has 7 nitrogen and oxygen atoms in total. The number of anilines is 5. The second-order valence-electron chi connectivity index (χ2n) is 7.62. The molecule has 3 aromatic rings. The third-order valence-corrected chi connectivity index (χ3v) is 5.47. The van der Waals surface area contributed by atoms with Crippen molar-refractivity contribution in [3.8, 4) is 5.75 Å². The number of methoxy groups -OCH3 is 1. The number of nitrogens with one attached hydrogen (secondary N) is 1. The number of hydrogen-bond acceptors (Lipinski definition) is 7. The Hall–Kier alpha value is -3.19. The molecule has 162 valence electrons. The normalized spacial score (nSPS) is 13.8. The molecule has 0 amide bonds. The van der Waals surface area contributed by atoms with Crippen molar-refractivity contribution in [3.05, 3.63) is 59.6 Å². The SMILES string of the molecule is COc1cccc(Nc2cc(N(C)C)nc(N3CCN(c4cccc(Cl)c4)CC3)n2)c1. The molecular formula is C23H27ClN6O. The smallest absolute Gasteiger partial charge is 0.229 e. The van der Waals surface area contributed by atoms with Crippen LogP contribution in [0.5, 0.6) is 5.75 Å². The Labute approximate surface area is 188 Å². The van der Waals surface area contributed by atoms with Gasteiger partial charge in [-0.05, 0) is 30.3 Å². The number of hydrogen-bond donors (Lipinski definition) is 1. The summed E-state index contributed by atoms with van der Waals surface area (Å²) in [5, 5.41) is 4.14. The summed E-state index contributed by atoms with van der Waals surface area (Å²) >= 11 is 6.16. The summed E-state index contributed by atoms with van der Waals surface area (Å²) in [6, 6.07) is 17.8. The number of rotatable bonds is 6. The van der Waals surface area contributed by atoms with Gasteiger partial charge in [0.1, 0.15) is 17.4 Å². The first-order valence-corrected chi connectivity index (χ1v) is 10.6. The molecule has 1 saturated heterocycles. The van der Waals surface area contributed by atoms with Gasteiger partial charge in [0.2, 0.25) is 5.95 Å². The highest BCUT2D eigenvalue weighted by molar-refractivity contribution is 6.30. The van der Waals surface area contributed by atoms with Crippen molar-refractivity contribution in [1.29, 1.82) is 0 Å². The highest BCUT2D eigenvalue weighted by atomic mass is 35.5. The van der Waals surface area contributed by atoms with Crippen LogP contribution in [0.1, 0.15) is 0 Å². The van der Waals surface area contributed by atoms with Crippen LogP contribution in [0.4, 0.5) is 29.0 Å². The minimum Gasteiger partial charge on any atom is -0.497 e. The van der Waals surface area contributed by atoms with E-state index in [1.165, 1.54) is 0 Å². The van der Waals surface area contributed by atoms with Crippen LogP contribution in [0.2, 0.25) is 5.02 Å². The third-order valence-electron chi connectivity index (χ3n) is 5.24. The first-order valence-electron chi connectivity index (χ1n) is 10.2. The lowest BCUT2D eigenvalue weighted by atomic mass is 10.2. The van der Waals surface area contributed by atoms with Crippen LogP contribution < -0.4 is 24.8 Å². The first kappa shape index (κ1) is 21.1. The Morgan fingerprint density at radius 2 is 1.68 bits per heavy atom. The summed E-state index contributed by atoms with van der Waals surface area (Å²) < 4.78 is 5.33. The molecule has 2 aromatic carbocycles. The number of halogens is 1. The zero-order valence-corrected chi connectivity index (χ0v) is 18.8. The largest absolute Gasteiger partial charge is 0.497 e. The fourth-order valence-electron chi connectivity index (χ4n) is 3.54.